The van der Waals surface area contributed by atoms with Crippen LogP contribution in [0.15, 0.2) is 11.6 Å². The van der Waals surface area contributed by atoms with Gasteiger partial charge in [0.25, 0.3) is 0 Å². The highest BCUT2D eigenvalue weighted by Gasteiger charge is 2.08. The van der Waals surface area contributed by atoms with Crippen molar-refractivity contribution < 1.29 is 9.53 Å². The molecule has 0 spiro atoms. The van der Waals surface area contributed by atoms with Gasteiger partial charge in [-0.2, -0.15) is 0 Å². The summed E-state index contributed by atoms with van der Waals surface area (Å²) in [6.07, 6.45) is 8.61. The Hall–Kier alpha value is -1.23. The standard InChI is InChI=1S/C13H17O2/c1-11(13(14)15-2)7-6-10-12-8-4-3-5-9-12/h3,8,11H,4-5,9-10H2,1-2H3. The van der Waals surface area contributed by atoms with Gasteiger partial charge in [0, 0.05) is 6.42 Å². The molecule has 0 aromatic carbocycles. The summed E-state index contributed by atoms with van der Waals surface area (Å²) in [6.45, 7) is 1.77. The van der Waals surface area contributed by atoms with E-state index < -0.39 is 0 Å². The lowest BCUT2D eigenvalue weighted by molar-refractivity contribution is -0.142. The molecule has 1 rings (SSSR count). The first kappa shape index (κ1) is 11.8. The van der Waals surface area contributed by atoms with Crippen molar-refractivity contribution in [1.29, 1.82) is 0 Å². The number of rotatable bonds is 2. The minimum absolute atomic E-state index is 0.256. The van der Waals surface area contributed by atoms with E-state index in [2.05, 4.69) is 29.1 Å². The van der Waals surface area contributed by atoms with Crippen LogP contribution >= 0.6 is 0 Å². The molecule has 2 nitrogen and oxygen atoms in total. The Morgan fingerprint density at radius 3 is 3.07 bits per heavy atom. The van der Waals surface area contributed by atoms with E-state index in [1.165, 1.54) is 12.7 Å². The van der Waals surface area contributed by atoms with Gasteiger partial charge in [0.2, 0.25) is 0 Å². The second-order valence-corrected chi connectivity index (χ2v) is 3.67. The largest absolute Gasteiger partial charge is 0.468 e. The van der Waals surface area contributed by atoms with Crippen LogP contribution in [0.5, 0.6) is 0 Å². The number of ether oxygens (including phenoxy) is 1. The zero-order valence-corrected chi connectivity index (χ0v) is 9.38. The van der Waals surface area contributed by atoms with Crippen molar-refractivity contribution >= 4 is 5.97 Å². The Morgan fingerprint density at radius 2 is 2.47 bits per heavy atom. The fourth-order valence-electron chi connectivity index (χ4n) is 1.47. The zero-order valence-electron chi connectivity index (χ0n) is 9.38. The summed E-state index contributed by atoms with van der Waals surface area (Å²) >= 11 is 0. The average Bonchev–Trinajstić information content (AvgIpc) is 2.29. The molecule has 0 aliphatic heterocycles. The Kier molecular flexibility index (Phi) is 4.97. The molecule has 0 saturated carbocycles. The molecule has 0 fully saturated rings. The van der Waals surface area contributed by atoms with E-state index in [4.69, 9.17) is 0 Å². The first-order valence-electron chi connectivity index (χ1n) is 5.30. The van der Waals surface area contributed by atoms with Crippen LogP contribution in [-0.4, -0.2) is 13.1 Å². The minimum Gasteiger partial charge on any atom is -0.468 e. The molecule has 1 unspecified atom stereocenters. The Bertz CT molecular complexity index is 304. The van der Waals surface area contributed by atoms with Crippen LogP contribution in [0, 0.1) is 24.2 Å². The van der Waals surface area contributed by atoms with E-state index in [0.717, 1.165) is 25.7 Å². The van der Waals surface area contributed by atoms with Crippen LogP contribution in [-0.2, 0) is 9.53 Å². The number of hydrogen-bond donors (Lipinski definition) is 0. The van der Waals surface area contributed by atoms with E-state index in [-0.39, 0.29) is 11.9 Å². The summed E-state index contributed by atoms with van der Waals surface area (Å²) in [5.41, 5.74) is 1.39. The van der Waals surface area contributed by atoms with Gasteiger partial charge in [0.05, 0.1) is 7.11 Å². The van der Waals surface area contributed by atoms with E-state index in [9.17, 15) is 4.79 Å². The summed E-state index contributed by atoms with van der Waals surface area (Å²) in [5.74, 6) is 5.37. The summed E-state index contributed by atoms with van der Waals surface area (Å²) in [6, 6.07) is 0. The maximum atomic E-state index is 11.0. The van der Waals surface area contributed by atoms with Gasteiger partial charge in [-0.3, -0.25) is 4.79 Å². The highest BCUT2D eigenvalue weighted by molar-refractivity contribution is 5.75. The molecule has 0 aromatic rings. The molecule has 0 bridgehead atoms. The second kappa shape index (κ2) is 6.29. The van der Waals surface area contributed by atoms with Gasteiger partial charge in [0.15, 0.2) is 0 Å². The molecule has 1 aliphatic rings. The van der Waals surface area contributed by atoms with Crippen molar-refractivity contribution in [3.8, 4) is 11.8 Å². The Balaban J connectivity index is 2.38. The molecule has 2 heteroatoms. The molecule has 81 valence electrons. The highest BCUT2D eigenvalue weighted by Crippen LogP contribution is 2.18. The molecular weight excluding hydrogens is 188 g/mol. The summed E-state index contributed by atoms with van der Waals surface area (Å²) < 4.78 is 4.59. The quantitative estimate of drug-likeness (QED) is 0.393. The molecule has 1 aliphatic carbocycles. The molecule has 0 saturated heterocycles. The number of esters is 1. The van der Waals surface area contributed by atoms with Gasteiger partial charge in [-0.05, 0) is 32.6 Å². The summed E-state index contributed by atoms with van der Waals surface area (Å²) in [5, 5.41) is 0. The van der Waals surface area contributed by atoms with Crippen LogP contribution in [0.25, 0.3) is 0 Å². The van der Waals surface area contributed by atoms with Crippen molar-refractivity contribution in [3.63, 3.8) is 0 Å². The van der Waals surface area contributed by atoms with E-state index >= 15 is 0 Å². The highest BCUT2D eigenvalue weighted by atomic mass is 16.5. The molecule has 0 aromatic heterocycles. The molecule has 1 atom stereocenters. The molecule has 0 amide bonds. The Labute approximate surface area is 91.7 Å². The maximum Gasteiger partial charge on any atom is 0.320 e. The second-order valence-electron chi connectivity index (χ2n) is 3.67. The summed E-state index contributed by atoms with van der Waals surface area (Å²) in [7, 11) is 1.39. The fourth-order valence-corrected chi connectivity index (χ4v) is 1.47. The lowest BCUT2D eigenvalue weighted by Crippen LogP contribution is -2.10. The van der Waals surface area contributed by atoms with Gasteiger partial charge >= 0.3 is 5.97 Å². The molecule has 15 heavy (non-hydrogen) atoms. The lowest BCUT2D eigenvalue weighted by atomic mass is 9.97. The SMILES string of the molecule is COC(=O)C(C)C#CCC1=CC[CH]CC1. The normalized spacial score (nSPS) is 17.1. The van der Waals surface area contributed by atoms with Crippen LogP contribution in [0.1, 0.15) is 32.6 Å². The Morgan fingerprint density at radius 1 is 1.67 bits per heavy atom. The maximum absolute atomic E-state index is 11.0. The third-order valence-electron chi connectivity index (χ3n) is 2.43. The number of carbonyl (C=O) groups excluding carboxylic acids is 1. The fraction of sp³-hybridized carbons (Fsp3) is 0.538. The monoisotopic (exact) mass is 205 g/mol. The third kappa shape index (κ3) is 4.20. The van der Waals surface area contributed by atoms with Crippen LogP contribution < -0.4 is 0 Å². The predicted octanol–water partition coefficient (Wildman–Crippen LogP) is 2.50. The molecule has 0 heterocycles. The van der Waals surface area contributed by atoms with E-state index in [0.29, 0.717) is 0 Å². The zero-order chi connectivity index (χ0) is 11.1. The number of methoxy groups -OCH3 is 1. The van der Waals surface area contributed by atoms with Gasteiger partial charge in [-0.15, -0.1) is 0 Å². The first-order chi connectivity index (χ1) is 7.24. The lowest BCUT2D eigenvalue weighted by Gasteiger charge is -2.08. The van der Waals surface area contributed by atoms with Crippen molar-refractivity contribution in [2.24, 2.45) is 5.92 Å². The topological polar surface area (TPSA) is 26.3 Å². The third-order valence-corrected chi connectivity index (χ3v) is 2.43. The molecule has 0 N–H and O–H groups in total. The van der Waals surface area contributed by atoms with Gasteiger partial charge in [-0.1, -0.05) is 23.5 Å². The number of hydrogen-bond acceptors (Lipinski definition) is 2. The van der Waals surface area contributed by atoms with Crippen LogP contribution in [0.3, 0.4) is 0 Å². The van der Waals surface area contributed by atoms with E-state index in [1.54, 1.807) is 6.92 Å². The smallest absolute Gasteiger partial charge is 0.320 e. The van der Waals surface area contributed by atoms with Crippen LogP contribution in [0.4, 0.5) is 0 Å². The van der Waals surface area contributed by atoms with Crippen molar-refractivity contribution in [1.82, 2.24) is 0 Å². The van der Waals surface area contributed by atoms with E-state index in [1.807, 2.05) is 0 Å². The van der Waals surface area contributed by atoms with Gasteiger partial charge in [0.1, 0.15) is 5.92 Å². The van der Waals surface area contributed by atoms with Crippen molar-refractivity contribution in [3.05, 3.63) is 18.1 Å². The first-order valence-corrected chi connectivity index (χ1v) is 5.30. The molecular formula is C13H17O2. The van der Waals surface area contributed by atoms with Gasteiger partial charge < -0.3 is 4.74 Å². The molecule has 1 radical (unpaired) electrons. The van der Waals surface area contributed by atoms with Crippen molar-refractivity contribution in [2.45, 2.75) is 32.6 Å². The average molecular weight is 205 g/mol. The van der Waals surface area contributed by atoms with Gasteiger partial charge in [-0.25, -0.2) is 0 Å². The minimum atomic E-state index is -0.314. The number of allylic oxidation sites excluding steroid dienone is 2. The predicted molar refractivity (Wildman–Crippen MR) is 59.8 cm³/mol. The summed E-state index contributed by atoms with van der Waals surface area (Å²) in [4.78, 5) is 11.0. The number of carbonyl (C=O) groups is 1. The van der Waals surface area contributed by atoms with Crippen molar-refractivity contribution in [2.75, 3.05) is 7.11 Å². The van der Waals surface area contributed by atoms with Crippen LogP contribution in [0.2, 0.25) is 0 Å².